The van der Waals surface area contributed by atoms with Crippen molar-refractivity contribution in [1.82, 2.24) is 0 Å². The second-order valence-electron chi connectivity index (χ2n) is 6.63. The molecule has 1 unspecified atom stereocenters. The Labute approximate surface area is 175 Å². The predicted molar refractivity (Wildman–Crippen MR) is 115 cm³/mol. The molecule has 0 spiro atoms. The molecule has 0 aliphatic heterocycles. The maximum Gasteiger partial charge on any atom is 0.271 e. The maximum atomic E-state index is 13.1. The smallest absolute Gasteiger partial charge is 0.271 e. The number of hydrogen-bond donors (Lipinski definition) is 1. The van der Waals surface area contributed by atoms with Crippen LogP contribution in [0.5, 0.6) is 5.75 Å². The first-order valence-corrected chi connectivity index (χ1v) is 11.2. The van der Waals surface area contributed by atoms with E-state index < -0.39 is 26.9 Å². The molecule has 1 amide bonds. The molecule has 162 valence electrons. The Morgan fingerprint density at radius 1 is 1.23 bits per heavy atom. The van der Waals surface area contributed by atoms with Gasteiger partial charge in [0.25, 0.3) is 5.69 Å². The van der Waals surface area contributed by atoms with Crippen molar-refractivity contribution in [3.63, 3.8) is 0 Å². The van der Waals surface area contributed by atoms with Crippen LogP contribution in [0.4, 0.5) is 17.1 Å². The highest BCUT2D eigenvalue weighted by molar-refractivity contribution is 7.92. The molecule has 0 saturated heterocycles. The topological polar surface area (TPSA) is 119 Å². The van der Waals surface area contributed by atoms with E-state index >= 15 is 0 Å². The lowest BCUT2D eigenvalue weighted by molar-refractivity contribution is -0.384. The molecule has 0 aromatic heterocycles. The fourth-order valence-corrected chi connectivity index (χ4v) is 4.31. The van der Waals surface area contributed by atoms with Gasteiger partial charge in [-0.25, -0.2) is 8.42 Å². The molecular weight excluding hydrogens is 410 g/mol. The first-order chi connectivity index (χ1) is 14.1. The van der Waals surface area contributed by atoms with Gasteiger partial charge in [-0.2, -0.15) is 0 Å². The Bertz CT molecular complexity index is 1040. The lowest BCUT2D eigenvalue weighted by atomic mass is 10.1. The summed E-state index contributed by atoms with van der Waals surface area (Å²) in [5.74, 6) is -0.110. The fraction of sp³-hybridized carbons (Fsp3) is 0.350. The van der Waals surface area contributed by atoms with Gasteiger partial charge in [-0.1, -0.05) is 25.1 Å². The molecular formula is C20H25N3O6S. The van der Waals surface area contributed by atoms with Crippen LogP contribution in [-0.2, 0) is 14.8 Å². The van der Waals surface area contributed by atoms with Crippen molar-refractivity contribution in [3.8, 4) is 5.75 Å². The Kier molecular flexibility index (Phi) is 7.38. The summed E-state index contributed by atoms with van der Waals surface area (Å²) >= 11 is 0. The lowest BCUT2D eigenvalue weighted by Crippen LogP contribution is -2.47. The minimum absolute atomic E-state index is 0.0896. The number of amides is 1. The zero-order valence-corrected chi connectivity index (χ0v) is 18.1. The van der Waals surface area contributed by atoms with Crippen LogP contribution in [0, 0.1) is 17.0 Å². The Morgan fingerprint density at radius 2 is 1.90 bits per heavy atom. The zero-order chi connectivity index (χ0) is 22.5. The average molecular weight is 436 g/mol. The summed E-state index contributed by atoms with van der Waals surface area (Å²) in [5, 5.41) is 13.9. The molecule has 2 rings (SSSR count). The van der Waals surface area contributed by atoms with Crippen LogP contribution in [0.25, 0.3) is 0 Å². The van der Waals surface area contributed by atoms with Crippen molar-refractivity contribution in [2.75, 3.05) is 22.5 Å². The normalized spacial score (nSPS) is 12.1. The molecule has 1 atom stereocenters. The number of non-ortho nitro benzene ring substituents is 1. The highest BCUT2D eigenvalue weighted by atomic mass is 32.2. The van der Waals surface area contributed by atoms with Gasteiger partial charge in [0.05, 0.1) is 29.2 Å². The fourth-order valence-electron chi connectivity index (χ4n) is 3.05. The second kappa shape index (κ2) is 9.57. The van der Waals surface area contributed by atoms with Gasteiger partial charge in [0, 0.05) is 12.1 Å². The van der Waals surface area contributed by atoms with E-state index in [1.54, 1.807) is 38.1 Å². The number of nitro benzene ring substituents is 1. The molecule has 2 aromatic rings. The molecule has 0 aliphatic rings. The molecule has 0 radical (unpaired) electrons. The van der Waals surface area contributed by atoms with Crippen LogP contribution in [0.2, 0.25) is 0 Å². The average Bonchev–Trinajstić information content (AvgIpc) is 2.67. The van der Waals surface area contributed by atoms with Crippen molar-refractivity contribution in [2.45, 2.75) is 33.2 Å². The number of rotatable bonds is 9. The minimum Gasteiger partial charge on any atom is -0.492 e. The van der Waals surface area contributed by atoms with Crippen LogP contribution in [0.1, 0.15) is 25.8 Å². The van der Waals surface area contributed by atoms with Crippen molar-refractivity contribution in [3.05, 3.63) is 58.1 Å². The maximum absolute atomic E-state index is 13.1. The van der Waals surface area contributed by atoms with E-state index in [-0.39, 0.29) is 17.8 Å². The van der Waals surface area contributed by atoms with E-state index in [9.17, 15) is 23.3 Å². The zero-order valence-electron chi connectivity index (χ0n) is 17.3. The van der Waals surface area contributed by atoms with Gasteiger partial charge in [-0.15, -0.1) is 0 Å². The summed E-state index contributed by atoms with van der Waals surface area (Å²) in [6, 6.07) is 9.62. The van der Waals surface area contributed by atoms with E-state index in [2.05, 4.69) is 5.32 Å². The quantitative estimate of drug-likeness (QED) is 0.476. The van der Waals surface area contributed by atoms with E-state index in [0.29, 0.717) is 23.6 Å². The molecule has 0 fully saturated rings. The molecule has 0 bridgehead atoms. The number of nitrogens with zero attached hydrogens (tertiary/aromatic N) is 2. The highest BCUT2D eigenvalue weighted by Gasteiger charge is 2.33. The van der Waals surface area contributed by atoms with Gasteiger partial charge in [0.15, 0.2) is 0 Å². The van der Waals surface area contributed by atoms with Gasteiger partial charge in [0.1, 0.15) is 11.8 Å². The van der Waals surface area contributed by atoms with Crippen molar-refractivity contribution in [1.29, 1.82) is 0 Å². The third-order valence-corrected chi connectivity index (χ3v) is 5.58. The Balaban J connectivity index is 2.50. The molecule has 10 heteroatoms. The third kappa shape index (κ3) is 5.26. The van der Waals surface area contributed by atoms with E-state index in [1.165, 1.54) is 18.2 Å². The van der Waals surface area contributed by atoms with Crippen molar-refractivity contribution >= 4 is 33.0 Å². The number of para-hydroxylation sites is 2. The largest absolute Gasteiger partial charge is 0.492 e. The van der Waals surface area contributed by atoms with E-state index in [4.69, 9.17) is 4.74 Å². The Hall–Kier alpha value is -3.14. The molecule has 30 heavy (non-hydrogen) atoms. The van der Waals surface area contributed by atoms with E-state index in [0.717, 1.165) is 10.6 Å². The lowest BCUT2D eigenvalue weighted by Gasteiger charge is -2.31. The van der Waals surface area contributed by atoms with Gasteiger partial charge in [-0.3, -0.25) is 19.2 Å². The molecule has 0 saturated carbocycles. The number of carbonyl (C=O) groups excluding carboxylic acids is 1. The standard InChI is InChI=1S/C20H25N3O6S/c1-5-17(20(24)21-16-9-7-8-10-19(16)29-6-2)22(30(4,27)28)18-13-15(23(25)26)12-11-14(18)3/h7-13,17H,5-6H2,1-4H3,(H,21,24). The molecule has 1 N–H and O–H groups in total. The van der Waals surface area contributed by atoms with Crippen LogP contribution in [0.3, 0.4) is 0 Å². The summed E-state index contributed by atoms with van der Waals surface area (Å²) in [7, 11) is -3.93. The molecule has 2 aromatic carbocycles. The van der Waals surface area contributed by atoms with Gasteiger partial charge in [0.2, 0.25) is 15.9 Å². The highest BCUT2D eigenvalue weighted by Crippen LogP contribution is 2.31. The van der Waals surface area contributed by atoms with Crippen LogP contribution < -0.4 is 14.4 Å². The summed E-state index contributed by atoms with van der Waals surface area (Å²) in [6.45, 7) is 5.51. The number of anilines is 2. The first-order valence-electron chi connectivity index (χ1n) is 9.37. The van der Waals surface area contributed by atoms with Crippen LogP contribution >= 0.6 is 0 Å². The molecule has 0 heterocycles. The van der Waals surface area contributed by atoms with Crippen LogP contribution in [0.15, 0.2) is 42.5 Å². The second-order valence-corrected chi connectivity index (χ2v) is 8.49. The summed E-state index contributed by atoms with van der Waals surface area (Å²) in [6.07, 6.45) is 1.12. The SMILES string of the molecule is CCOc1ccccc1NC(=O)C(CC)N(c1cc([N+](=O)[O-])ccc1C)S(C)(=O)=O. The molecule has 9 nitrogen and oxygen atoms in total. The third-order valence-electron chi connectivity index (χ3n) is 4.42. The predicted octanol–water partition coefficient (Wildman–Crippen LogP) is 3.49. The minimum atomic E-state index is -3.93. The number of ether oxygens (including phenoxy) is 1. The first kappa shape index (κ1) is 23.1. The number of benzene rings is 2. The van der Waals surface area contributed by atoms with Crippen molar-refractivity contribution < 1.29 is 22.9 Å². The monoisotopic (exact) mass is 435 g/mol. The van der Waals surface area contributed by atoms with Gasteiger partial charge >= 0.3 is 0 Å². The van der Waals surface area contributed by atoms with Gasteiger partial charge < -0.3 is 10.1 Å². The number of carbonyl (C=O) groups is 1. The number of nitro groups is 1. The number of hydrogen-bond acceptors (Lipinski definition) is 6. The number of nitrogens with one attached hydrogen (secondary N) is 1. The van der Waals surface area contributed by atoms with Crippen LogP contribution in [-0.4, -0.2) is 38.2 Å². The number of aryl methyl sites for hydroxylation is 1. The van der Waals surface area contributed by atoms with E-state index in [1.807, 2.05) is 6.92 Å². The summed E-state index contributed by atoms with van der Waals surface area (Å²) < 4.78 is 31.7. The molecule has 0 aliphatic carbocycles. The Morgan fingerprint density at radius 3 is 2.47 bits per heavy atom. The summed E-state index contributed by atoms with van der Waals surface area (Å²) in [4.78, 5) is 23.7. The number of sulfonamides is 1. The van der Waals surface area contributed by atoms with Crippen molar-refractivity contribution in [2.24, 2.45) is 0 Å². The summed E-state index contributed by atoms with van der Waals surface area (Å²) in [5.41, 5.74) is 0.729. The van der Waals surface area contributed by atoms with Gasteiger partial charge in [-0.05, 0) is 38.0 Å².